The van der Waals surface area contributed by atoms with Gasteiger partial charge in [0, 0.05) is 12.4 Å². The van der Waals surface area contributed by atoms with Gasteiger partial charge in [-0.15, -0.1) is 0 Å². The van der Waals surface area contributed by atoms with Crippen molar-refractivity contribution in [1.82, 2.24) is 24.5 Å². The molecular weight excluding hydrogens is 408 g/mol. The Bertz CT molecular complexity index is 1230. The quantitative estimate of drug-likeness (QED) is 0.477. The lowest BCUT2D eigenvalue weighted by Gasteiger charge is -2.36. The molecule has 1 fully saturated rings. The van der Waals surface area contributed by atoms with Gasteiger partial charge in [-0.3, -0.25) is 14.5 Å². The number of ether oxygens (including phenoxy) is 1. The zero-order valence-corrected chi connectivity index (χ0v) is 17.9. The average Bonchev–Trinajstić information content (AvgIpc) is 3.49. The first-order valence-electron chi connectivity index (χ1n) is 10.6. The highest BCUT2D eigenvalue weighted by molar-refractivity contribution is 5.90. The standard InChI is InChI=1S/C23H24N6O3/c1-14(2)31-17-9-16(10-17)28-13-19(22(27-28)18-5-3-4-8-25-18)29-12-15(11-26-29)20-6-7-21(32-20)23(24)30/h3-8,11-14,16-17H,9-10H2,1-2H3,(H2,24,30). The molecule has 0 saturated heterocycles. The molecule has 5 rings (SSSR count). The van der Waals surface area contributed by atoms with Gasteiger partial charge in [0.15, 0.2) is 5.76 Å². The summed E-state index contributed by atoms with van der Waals surface area (Å²) in [4.78, 5) is 15.8. The molecule has 4 heterocycles. The van der Waals surface area contributed by atoms with Crippen molar-refractivity contribution in [2.75, 3.05) is 0 Å². The molecular formula is C23H24N6O3. The molecule has 0 bridgehead atoms. The van der Waals surface area contributed by atoms with Crippen LogP contribution in [0.15, 0.2) is 59.5 Å². The molecule has 164 valence electrons. The summed E-state index contributed by atoms with van der Waals surface area (Å²) < 4.78 is 15.2. The molecule has 32 heavy (non-hydrogen) atoms. The molecule has 0 aromatic carbocycles. The molecule has 9 nitrogen and oxygen atoms in total. The van der Waals surface area contributed by atoms with Gasteiger partial charge in [-0.2, -0.15) is 10.2 Å². The van der Waals surface area contributed by atoms with Crippen LogP contribution in [0.2, 0.25) is 0 Å². The highest BCUT2D eigenvalue weighted by Crippen LogP contribution is 2.37. The van der Waals surface area contributed by atoms with Gasteiger partial charge in [-0.1, -0.05) is 6.07 Å². The molecule has 1 saturated carbocycles. The molecule has 1 aliphatic rings. The lowest BCUT2D eigenvalue weighted by Crippen LogP contribution is -2.35. The summed E-state index contributed by atoms with van der Waals surface area (Å²) in [7, 11) is 0. The molecule has 0 radical (unpaired) electrons. The monoisotopic (exact) mass is 432 g/mol. The third-order valence-electron chi connectivity index (χ3n) is 5.49. The summed E-state index contributed by atoms with van der Waals surface area (Å²) in [5.74, 6) is 0.0185. The fourth-order valence-corrected chi connectivity index (χ4v) is 3.88. The number of hydrogen-bond donors (Lipinski definition) is 1. The van der Waals surface area contributed by atoms with E-state index in [1.807, 2.05) is 35.3 Å². The van der Waals surface area contributed by atoms with Gasteiger partial charge in [-0.25, -0.2) is 4.68 Å². The minimum absolute atomic E-state index is 0.109. The predicted octanol–water partition coefficient (Wildman–Crippen LogP) is 3.62. The van der Waals surface area contributed by atoms with Crippen LogP contribution in [0.5, 0.6) is 0 Å². The first-order valence-corrected chi connectivity index (χ1v) is 10.6. The average molecular weight is 432 g/mol. The Morgan fingerprint density at radius 3 is 2.75 bits per heavy atom. The third kappa shape index (κ3) is 3.82. The first-order chi connectivity index (χ1) is 15.5. The van der Waals surface area contributed by atoms with E-state index in [9.17, 15) is 4.79 Å². The summed E-state index contributed by atoms with van der Waals surface area (Å²) in [6.07, 6.45) is 9.59. The van der Waals surface area contributed by atoms with Crippen molar-refractivity contribution in [2.24, 2.45) is 5.73 Å². The van der Waals surface area contributed by atoms with E-state index in [0.717, 1.165) is 35.5 Å². The van der Waals surface area contributed by atoms with Gasteiger partial charge in [0.1, 0.15) is 17.1 Å². The van der Waals surface area contributed by atoms with Crippen molar-refractivity contribution in [3.8, 4) is 28.4 Å². The van der Waals surface area contributed by atoms with Gasteiger partial charge in [0.25, 0.3) is 5.91 Å². The fourth-order valence-electron chi connectivity index (χ4n) is 3.88. The van der Waals surface area contributed by atoms with Crippen LogP contribution in [-0.4, -0.2) is 42.7 Å². The summed E-state index contributed by atoms with van der Waals surface area (Å²) in [6.45, 7) is 4.11. The van der Waals surface area contributed by atoms with Crippen LogP contribution >= 0.6 is 0 Å². The van der Waals surface area contributed by atoms with Crippen LogP contribution in [0, 0.1) is 0 Å². The Morgan fingerprint density at radius 1 is 1.22 bits per heavy atom. The molecule has 4 aromatic rings. The van der Waals surface area contributed by atoms with Crippen LogP contribution in [0.25, 0.3) is 28.4 Å². The summed E-state index contributed by atoms with van der Waals surface area (Å²) in [5, 5.41) is 9.36. The maximum Gasteiger partial charge on any atom is 0.284 e. The molecule has 0 unspecified atom stereocenters. The number of hydrogen-bond acceptors (Lipinski definition) is 6. The molecule has 0 aliphatic heterocycles. The Labute approximate surface area is 184 Å². The van der Waals surface area contributed by atoms with Gasteiger partial charge >= 0.3 is 0 Å². The number of pyridine rings is 1. The van der Waals surface area contributed by atoms with Gasteiger partial charge < -0.3 is 14.9 Å². The number of rotatable bonds is 7. The van der Waals surface area contributed by atoms with E-state index in [1.165, 1.54) is 0 Å². The largest absolute Gasteiger partial charge is 0.451 e. The van der Waals surface area contributed by atoms with E-state index in [4.69, 9.17) is 20.0 Å². The fraction of sp³-hybridized carbons (Fsp3) is 0.304. The Kier molecular flexibility index (Phi) is 5.10. The van der Waals surface area contributed by atoms with Crippen molar-refractivity contribution >= 4 is 5.91 Å². The van der Waals surface area contributed by atoms with Crippen LogP contribution in [-0.2, 0) is 4.74 Å². The normalized spacial score (nSPS) is 18.1. The molecule has 2 N–H and O–H groups in total. The number of aromatic nitrogens is 5. The van der Waals surface area contributed by atoms with E-state index in [1.54, 1.807) is 29.2 Å². The van der Waals surface area contributed by atoms with Crippen molar-refractivity contribution in [3.63, 3.8) is 0 Å². The maximum atomic E-state index is 11.3. The number of primary amides is 1. The topological polar surface area (TPSA) is 114 Å². The van der Waals surface area contributed by atoms with Crippen LogP contribution in [0.4, 0.5) is 0 Å². The molecule has 4 aromatic heterocycles. The predicted molar refractivity (Wildman–Crippen MR) is 117 cm³/mol. The smallest absolute Gasteiger partial charge is 0.284 e. The number of carbonyl (C=O) groups excluding carboxylic acids is 1. The second-order valence-corrected chi connectivity index (χ2v) is 8.19. The van der Waals surface area contributed by atoms with Crippen LogP contribution in [0.1, 0.15) is 43.3 Å². The van der Waals surface area contributed by atoms with E-state index in [-0.39, 0.29) is 24.0 Å². The lowest BCUT2D eigenvalue weighted by molar-refractivity contribution is -0.0599. The lowest BCUT2D eigenvalue weighted by atomic mass is 9.89. The van der Waals surface area contributed by atoms with Gasteiger partial charge in [0.05, 0.1) is 41.9 Å². The number of nitrogens with zero attached hydrogens (tertiary/aromatic N) is 5. The zero-order chi connectivity index (χ0) is 22.2. The van der Waals surface area contributed by atoms with E-state index in [0.29, 0.717) is 5.76 Å². The van der Waals surface area contributed by atoms with Gasteiger partial charge in [0.2, 0.25) is 0 Å². The van der Waals surface area contributed by atoms with Crippen LogP contribution < -0.4 is 5.73 Å². The van der Waals surface area contributed by atoms with E-state index in [2.05, 4.69) is 23.9 Å². The number of carbonyl (C=O) groups is 1. The molecule has 9 heteroatoms. The van der Waals surface area contributed by atoms with Crippen molar-refractivity contribution < 1.29 is 13.9 Å². The van der Waals surface area contributed by atoms with Crippen LogP contribution in [0.3, 0.4) is 0 Å². The van der Waals surface area contributed by atoms with Crippen molar-refractivity contribution in [2.45, 2.75) is 44.9 Å². The Morgan fingerprint density at radius 2 is 2.06 bits per heavy atom. The summed E-state index contributed by atoms with van der Waals surface area (Å²) in [5.41, 5.74) is 8.34. The van der Waals surface area contributed by atoms with Gasteiger partial charge in [-0.05, 0) is 51.0 Å². The number of furan rings is 1. The van der Waals surface area contributed by atoms with Crippen molar-refractivity contribution in [3.05, 3.63) is 60.9 Å². The minimum Gasteiger partial charge on any atom is -0.451 e. The highest BCUT2D eigenvalue weighted by atomic mass is 16.5. The molecule has 0 atom stereocenters. The maximum absolute atomic E-state index is 11.3. The Balaban J connectivity index is 1.47. The second-order valence-electron chi connectivity index (χ2n) is 8.19. The minimum atomic E-state index is -0.609. The second kappa shape index (κ2) is 8.08. The van der Waals surface area contributed by atoms with E-state index >= 15 is 0 Å². The number of nitrogens with two attached hydrogens (primary N) is 1. The highest BCUT2D eigenvalue weighted by Gasteiger charge is 2.33. The number of amides is 1. The molecule has 0 spiro atoms. The van der Waals surface area contributed by atoms with E-state index < -0.39 is 5.91 Å². The van der Waals surface area contributed by atoms with Crippen molar-refractivity contribution in [1.29, 1.82) is 0 Å². The summed E-state index contributed by atoms with van der Waals surface area (Å²) >= 11 is 0. The first kappa shape index (κ1) is 20.2. The third-order valence-corrected chi connectivity index (χ3v) is 5.49. The Hall–Kier alpha value is -3.72. The molecule has 1 amide bonds. The zero-order valence-electron chi connectivity index (χ0n) is 17.9. The SMILES string of the molecule is CC(C)OC1CC(n2cc(-n3cc(-c4ccc(C(N)=O)o4)cn3)c(-c3ccccn3)n2)C1. The summed E-state index contributed by atoms with van der Waals surface area (Å²) in [6, 6.07) is 9.26. The molecule has 1 aliphatic carbocycles.